The van der Waals surface area contributed by atoms with Gasteiger partial charge < -0.3 is 10.6 Å². The van der Waals surface area contributed by atoms with Gasteiger partial charge in [0.1, 0.15) is 0 Å². The van der Waals surface area contributed by atoms with Crippen molar-refractivity contribution in [1.82, 2.24) is 15.6 Å². The van der Waals surface area contributed by atoms with Gasteiger partial charge in [0, 0.05) is 30.9 Å². The van der Waals surface area contributed by atoms with Gasteiger partial charge in [0.2, 0.25) is 0 Å². The highest BCUT2D eigenvalue weighted by Crippen LogP contribution is 2.27. The van der Waals surface area contributed by atoms with Crippen LogP contribution in [0, 0.1) is 0 Å². The lowest BCUT2D eigenvalue weighted by Crippen LogP contribution is -2.44. The Balaban J connectivity index is 0.00000225. The monoisotopic (exact) mass is 498 g/mol. The fourth-order valence-corrected chi connectivity index (χ4v) is 6.13. The molecule has 25 heavy (non-hydrogen) atoms. The summed E-state index contributed by atoms with van der Waals surface area (Å²) in [6.45, 7) is 0.809. The van der Waals surface area contributed by atoms with E-state index in [0.29, 0.717) is 12.4 Å². The number of hydrogen-bond acceptors (Lipinski definition) is 5. The van der Waals surface area contributed by atoms with Crippen LogP contribution in [-0.4, -0.2) is 50.5 Å². The van der Waals surface area contributed by atoms with Crippen LogP contribution in [0.15, 0.2) is 4.99 Å². The third-order valence-corrected chi connectivity index (χ3v) is 7.53. The van der Waals surface area contributed by atoms with Crippen molar-refractivity contribution in [2.24, 2.45) is 4.99 Å². The van der Waals surface area contributed by atoms with Crippen LogP contribution in [-0.2, 0) is 29.1 Å². The van der Waals surface area contributed by atoms with E-state index in [4.69, 9.17) is 4.98 Å². The van der Waals surface area contributed by atoms with E-state index in [9.17, 15) is 8.42 Å². The fraction of sp³-hybridized carbons (Fsp3) is 0.750. The van der Waals surface area contributed by atoms with Crippen LogP contribution in [0.3, 0.4) is 0 Å². The molecule has 9 heteroatoms. The first kappa shape index (κ1) is 20.9. The number of aliphatic imine (C=N–C) groups is 1. The van der Waals surface area contributed by atoms with Crippen molar-refractivity contribution in [3.8, 4) is 0 Å². The molecule has 1 aliphatic carbocycles. The molecule has 1 saturated heterocycles. The lowest BCUT2D eigenvalue weighted by atomic mass is 10.0. The molecule has 0 radical (unpaired) electrons. The average Bonchev–Trinajstić information content (AvgIpc) is 3.12. The highest BCUT2D eigenvalue weighted by Gasteiger charge is 2.28. The Bertz CT molecular complexity index is 679. The van der Waals surface area contributed by atoms with E-state index in [-0.39, 0.29) is 41.5 Å². The molecule has 0 saturated carbocycles. The molecule has 2 heterocycles. The van der Waals surface area contributed by atoms with Gasteiger partial charge in [-0.1, -0.05) is 0 Å². The molecule has 1 aromatic heterocycles. The van der Waals surface area contributed by atoms with E-state index in [0.717, 1.165) is 25.8 Å². The highest BCUT2D eigenvalue weighted by molar-refractivity contribution is 14.0. The SMILES string of the molecule is CN=C(NCCCc1nc2c(s1)CCCC2)NC1CCS(=O)(=O)C1.I. The molecule has 0 aromatic carbocycles. The number of aryl methyl sites for hydroxylation is 3. The van der Waals surface area contributed by atoms with Gasteiger partial charge in [-0.3, -0.25) is 4.99 Å². The molecule has 1 unspecified atom stereocenters. The topological polar surface area (TPSA) is 83.4 Å². The van der Waals surface area contributed by atoms with Crippen molar-refractivity contribution in [1.29, 1.82) is 0 Å². The van der Waals surface area contributed by atoms with Crippen molar-refractivity contribution in [2.45, 2.75) is 51.0 Å². The van der Waals surface area contributed by atoms with E-state index in [1.165, 1.54) is 34.8 Å². The third-order valence-electron chi connectivity index (χ3n) is 4.55. The van der Waals surface area contributed by atoms with Gasteiger partial charge in [-0.25, -0.2) is 13.4 Å². The first-order chi connectivity index (χ1) is 11.6. The van der Waals surface area contributed by atoms with Crippen molar-refractivity contribution in [3.63, 3.8) is 0 Å². The van der Waals surface area contributed by atoms with Crippen LogP contribution in [0.25, 0.3) is 0 Å². The van der Waals surface area contributed by atoms with Gasteiger partial charge >= 0.3 is 0 Å². The molecule has 0 spiro atoms. The van der Waals surface area contributed by atoms with Crippen LogP contribution < -0.4 is 10.6 Å². The van der Waals surface area contributed by atoms with Crippen LogP contribution in [0.4, 0.5) is 0 Å². The Morgan fingerprint density at radius 3 is 2.84 bits per heavy atom. The van der Waals surface area contributed by atoms with Crippen LogP contribution >= 0.6 is 35.3 Å². The number of aromatic nitrogens is 1. The second-order valence-electron chi connectivity index (χ2n) is 6.53. The standard InChI is InChI=1S/C16H26N4O2S2.HI/c1-17-16(19-12-8-10-24(21,22)11-12)18-9-4-7-15-20-13-5-2-3-6-14(13)23-15;/h12H,2-11H2,1H3,(H2,17,18,19);1H. The number of hydrogen-bond donors (Lipinski definition) is 2. The van der Waals surface area contributed by atoms with Crippen molar-refractivity contribution in [2.75, 3.05) is 25.1 Å². The molecule has 142 valence electrons. The molecular formula is C16H27IN4O2S2. The molecule has 1 aromatic rings. The molecule has 6 nitrogen and oxygen atoms in total. The number of nitrogens with one attached hydrogen (secondary N) is 2. The number of rotatable bonds is 5. The number of thiazole rings is 1. The minimum Gasteiger partial charge on any atom is -0.356 e. The zero-order valence-corrected chi connectivity index (χ0v) is 18.5. The van der Waals surface area contributed by atoms with Gasteiger partial charge in [0.15, 0.2) is 15.8 Å². The molecule has 1 aliphatic heterocycles. The average molecular weight is 498 g/mol. The summed E-state index contributed by atoms with van der Waals surface area (Å²) in [6.07, 6.45) is 7.56. The molecular weight excluding hydrogens is 471 g/mol. The molecule has 2 aliphatic rings. The minimum absolute atomic E-state index is 0. The zero-order valence-electron chi connectivity index (χ0n) is 14.6. The summed E-state index contributed by atoms with van der Waals surface area (Å²) in [5.41, 5.74) is 1.33. The molecule has 3 rings (SSSR count). The molecule has 0 bridgehead atoms. The Morgan fingerprint density at radius 1 is 1.36 bits per heavy atom. The first-order valence-electron chi connectivity index (χ1n) is 8.71. The van der Waals surface area contributed by atoms with E-state index in [1.807, 2.05) is 11.3 Å². The summed E-state index contributed by atoms with van der Waals surface area (Å²) in [4.78, 5) is 10.4. The maximum Gasteiger partial charge on any atom is 0.191 e. The van der Waals surface area contributed by atoms with Gasteiger partial charge in [-0.2, -0.15) is 0 Å². The van der Waals surface area contributed by atoms with E-state index >= 15 is 0 Å². The van der Waals surface area contributed by atoms with Crippen molar-refractivity contribution < 1.29 is 8.42 Å². The number of nitrogens with zero attached hydrogens (tertiary/aromatic N) is 2. The number of fused-ring (bicyclic) bond motifs is 1. The summed E-state index contributed by atoms with van der Waals surface area (Å²) in [7, 11) is -1.15. The molecule has 0 amide bonds. The van der Waals surface area contributed by atoms with E-state index in [1.54, 1.807) is 7.05 Å². The summed E-state index contributed by atoms with van der Waals surface area (Å²) in [6, 6.07) is -0.0214. The highest BCUT2D eigenvalue weighted by atomic mass is 127. The normalized spacial score (nSPS) is 22.1. The van der Waals surface area contributed by atoms with Gasteiger partial charge in [0.25, 0.3) is 0 Å². The molecule has 1 atom stereocenters. The smallest absolute Gasteiger partial charge is 0.191 e. The summed E-state index contributed by atoms with van der Waals surface area (Å²) in [5, 5.41) is 7.73. The van der Waals surface area contributed by atoms with Gasteiger partial charge in [-0.15, -0.1) is 35.3 Å². The Kier molecular flexibility index (Phi) is 7.93. The van der Waals surface area contributed by atoms with Crippen LogP contribution in [0.2, 0.25) is 0 Å². The van der Waals surface area contributed by atoms with Gasteiger partial charge in [0.05, 0.1) is 22.2 Å². The predicted molar refractivity (Wildman–Crippen MR) is 114 cm³/mol. The maximum atomic E-state index is 11.5. The zero-order chi connectivity index (χ0) is 17.0. The second-order valence-corrected chi connectivity index (χ2v) is 9.93. The summed E-state index contributed by atoms with van der Waals surface area (Å²) >= 11 is 1.87. The predicted octanol–water partition coefficient (Wildman–Crippen LogP) is 1.92. The third kappa shape index (κ3) is 6.06. The lowest BCUT2D eigenvalue weighted by Gasteiger charge is -2.15. The van der Waals surface area contributed by atoms with E-state index < -0.39 is 9.84 Å². The number of guanidine groups is 1. The van der Waals surface area contributed by atoms with E-state index in [2.05, 4.69) is 15.6 Å². The first-order valence-corrected chi connectivity index (χ1v) is 11.3. The number of halogens is 1. The largest absolute Gasteiger partial charge is 0.356 e. The van der Waals surface area contributed by atoms with Crippen molar-refractivity contribution >= 4 is 51.1 Å². The minimum atomic E-state index is -2.86. The fourth-order valence-electron chi connectivity index (χ4n) is 3.26. The van der Waals surface area contributed by atoms with Crippen molar-refractivity contribution in [3.05, 3.63) is 15.6 Å². The summed E-state index contributed by atoms with van der Waals surface area (Å²) in [5.74, 6) is 1.17. The molecule has 1 fully saturated rings. The van der Waals surface area contributed by atoms with Gasteiger partial charge in [-0.05, 0) is 38.5 Å². The van der Waals surface area contributed by atoms with Crippen LogP contribution in [0.5, 0.6) is 0 Å². The lowest BCUT2D eigenvalue weighted by molar-refractivity contribution is 0.599. The Morgan fingerprint density at radius 2 is 2.16 bits per heavy atom. The molecule has 2 N–H and O–H groups in total. The summed E-state index contributed by atoms with van der Waals surface area (Å²) < 4.78 is 23.0. The van der Waals surface area contributed by atoms with Crippen LogP contribution in [0.1, 0.15) is 41.3 Å². The maximum absolute atomic E-state index is 11.5. The number of sulfone groups is 1. The quantitative estimate of drug-likeness (QED) is 0.281. The second kappa shape index (κ2) is 9.50. The Hall–Kier alpha value is -0.420. The Labute approximate surface area is 171 Å².